The number of hydrogen-bond donors (Lipinski definition) is 1. The first-order valence-electron chi connectivity index (χ1n) is 9.68. The molecule has 0 aliphatic heterocycles. The van der Waals surface area contributed by atoms with Gasteiger partial charge in [0.05, 0.1) is 29.9 Å². The number of carbonyl (C=O) groups is 1. The number of imidazole rings is 1. The zero-order valence-corrected chi connectivity index (χ0v) is 18.0. The molecular weight excluding hydrogens is 433 g/mol. The molecule has 0 unspecified atom stereocenters. The summed E-state index contributed by atoms with van der Waals surface area (Å²) in [6.07, 6.45) is 0. The van der Waals surface area contributed by atoms with E-state index >= 15 is 0 Å². The van der Waals surface area contributed by atoms with E-state index in [9.17, 15) is 9.18 Å². The Hall–Kier alpha value is -3.17. The first kappa shape index (κ1) is 19.8. The van der Waals surface area contributed by atoms with Crippen molar-refractivity contribution in [1.82, 2.24) is 24.5 Å². The number of aromatic nitrogens is 4. The number of halogens is 1. The number of thioether (sulfide) groups is 1. The monoisotopic (exact) mass is 451 g/mol. The van der Waals surface area contributed by atoms with Crippen LogP contribution < -0.4 is 5.32 Å². The molecule has 5 aromatic rings. The third-order valence-corrected chi connectivity index (χ3v) is 6.70. The molecule has 5 rings (SSSR count). The molecule has 0 saturated heterocycles. The molecule has 0 aliphatic carbocycles. The van der Waals surface area contributed by atoms with Crippen LogP contribution >= 0.6 is 23.1 Å². The maximum atomic E-state index is 13.3. The fraction of sp³-hybridized carbons (Fsp3) is 0.136. The van der Waals surface area contributed by atoms with Gasteiger partial charge in [-0.2, -0.15) is 0 Å². The van der Waals surface area contributed by atoms with Gasteiger partial charge < -0.3 is 9.88 Å². The summed E-state index contributed by atoms with van der Waals surface area (Å²) in [6, 6.07) is 18.4. The first-order valence-corrected chi connectivity index (χ1v) is 11.5. The van der Waals surface area contributed by atoms with Crippen molar-refractivity contribution in [2.45, 2.75) is 18.2 Å². The molecule has 0 bridgehead atoms. The van der Waals surface area contributed by atoms with Gasteiger partial charge >= 0.3 is 0 Å². The smallest absolute Gasteiger partial charge is 0.237 e. The summed E-state index contributed by atoms with van der Waals surface area (Å²) in [4.78, 5) is 13.4. The van der Waals surface area contributed by atoms with Crippen molar-refractivity contribution in [2.24, 2.45) is 0 Å². The highest BCUT2D eigenvalue weighted by Gasteiger charge is 2.18. The fourth-order valence-electron chi connectivity index (χ4n) is 3.44. The van der Waals surface area contributed by atoms with Crippen molar-refractivity contribution in [3.8, 4) is 0 Å². The largest absolute Gasteiger partial charge is 0.350 e. The lowest BCUT2D eigenvalue weighted by atomic mass is 10.2. The van der Waals surface area contributed by atoms with Crippen molar-refractivity contribution in [1.29, 1.82) is 0 Å². The lowest BCUT2D eigenvalue weighted by Gasteiger charge is -2.05. The third kappa shape index (κ3) is 4.06. The quantitative estimate of drug-likeness (QED) is 0.374. The van der Waals surface area contributed by atoms with Gasteiger partial charge in [0.1, 0.15) is 5.82 Å². The molecule has 31 heavy (non-hydrogen) atoms. The fourth-order valence-corrected chi connectivity index (χ4v) is 4.85. The minimum absolute atomic E-state index is 0.0507. The summed E-state index contributed by atoms with van der Waals surface area (Å²) in [5.74, 6) is 0.630. The Morgan fingerprint density at radius 3 is 2.61 bits per heavy atom. The third-order valence-electron chi connectivity index (χ3n) is 4.90. The molecule has 1 N–H and O–H groups in total. The van der Waals surface area contributed by atoms with Crippen LogP contribution in [0.1, 0.15) is 10.4 Å². The normalized spacial score (nSPS) is 11.4. The van der Waals surface area contributed by atoms with Crippen molar-refractivity contribution in [3.63, 3.8) is 0 Å². The minimum Gasteiger partial charge on any atom is -0.350 e. The number of carbonyl (C=O) groups excluding carboxylic acids is 1. The summed E-state index contributed by atoms with van der Waals surface area (Å²) < 4.78 is 17.3. The van der Waals surface area contributed by atoms with E-state index in [1.807, 2.05) is 46.2 Å². The summed E-state index contributed by atoms with van der Waals surface area (Å²) >= 11 is 2.97. The molecule has 156 valence electrons. The van der Waals surface area contributed by atoms with Crippen molar-refractivity contribution < 1.29 is 9.18 Å². The highest BCUT2D eigenvalue weighted by atomic mass is 32.2. The second-order valence-electron chi connectivity index (χ2n) is 6.96. The van der Waals surface area contributed by atoms with Gasteiger partial charge in [-0.1, -0.05) is 42.1 Å². The molecule has 0 saturated carbocycles. The molecule has 3 heterocycles. The van der Waals surface area contributed by atoms with E-state index in [-0.39, 0.29) is 17.5 Å². The second kappa shape index (κ2) is 8.52. The van der Waals surface area contributed by atoms with E-state index in [0.717, 1.165) is 21.5 Å². The first-order chi connectivity index (χ1) is 15.2. The summed E-state index contributed by atoms with van der Waals surface area (Å²) in [5, 5.41) is 14.3. The number of rotatable bonds is 7. The molecule has 3 aromatic heterocycles. The van der Waals surface area contributed by atoms with Crippen LogP contribution in [0.2, 0.25) is 0 Å². The van der Waals surface area contributed by atoms with Crippen LogP contribution in [-0.4, -0.2) is 30.8 Å². The Morgan fingerprint density at radius 1 is 1.03 bits per heavy atom. The van der Waals surface area contributed by atoms with Crippen LogP contribution in [0.5, 0.6) is 0 Å². The van der Waals surface area contributed by atoms with Crippen LogP contribution in [0.25, 0.3) is 16.8 Å². The molecule has 0 fully saturated rings. The number of amides is 1. The zero-order valence-electron chi connectivity index (χ0n) is 16.4. The number of hydrogen-bond acceptors (Lipinski definition) is 5. The molecule has 6 nitrogen and oxygen atoms in total. The average molecular weight is 452 g/mol. The predicted molar refractivity (Wildman–Crippen MR) is 121 cm³/mol. The van der Waals surface area contributed by atoms with Gasteiger partial charge in [-0.25, -0.2) is 4.39 Å². The van der Waals surface area contributed by atoms with E-state index in [0.29, 0.717) is 24.0 Å². The van der Waals surface area contributed by atoms with Gasteiger partial charge in [0, 0.05) is 4.88 Å². The van der Waals surface area contributed by atoms with Crippen LogP contribution in [0.3, 0.4) is 0 Å². The number of fused-ring (bicyclic) bond motifs is 3. The highest BCUT2D eigenvalue weighted by molar-refractivity contribution is 7.99. The van der Waals surface area contributed by atoms with Crippen molar-refractivity contribution in [3.05, 3.63) is 82.3 Å². The summed E-state index contributed by atoms with van der Waals surface area (Å²) in [7, 11) is 0. The SMILES string of the molecule is O=C(CSc1nnc2n(Cc3ccc(F)cc3)c3ccccc3n12)NCc1cccs1. The van der Waals surface area contributed by atoms with Crippen LogP contribution in [0, 0.1) is 5.82 Å². The molecule has 2 aromatic carbocycles. The van der Waals surface area contributed by atoms with Gasteiger partial charge in [0.2, 0.25) is 11.7 Å². The molecule has 1 amide bonds. The van der Waals surface area contributed by atoms with E-state index in [4.69, 9.17) is 0 Å². The van der Waals surface area contributed by atoms with E-state index < -0.39 is 0 Å². The maximum Gasteiger partial charge on any atom is 0.237 e. The number of para-hydroxylation sites is 2. The molecule has 0 aliphatic rings. The number of benzene rings is 2. The van der Waals surface area contributed by atoms with E-state index in [2.05, 4.69) is 20.1 Å². The lowest BCUT2D eigenvalue weighted by molar-refractivity contribution is -0.118. The van der Waals surface area contributed by atoms with Gasteiger partial charge in [-0.15, -0.1) is 21.5 Å². The average Bonchev–Trinajstić information content (AvgIpc) is 3.51. The predicted octanol–water partition coefficient (Wildman–Crippen LogP) is 4.34. The van der Waals surface area contributed by atoms with E-state index in [1.54, 1.807) is 23.5 Å². The second-order valence-corrected chi connectivity index (χ2v) is 8.94. The van der Waals surface area contributed by atoms with Crippen LogP contribution in [-0.2, 0) is 17.9 Å². The molecular formula is C22H18FN5OS2. The zero-order chi connectivity index (χ0) is 21.2. The Kier molecular flexibility index (Phi) is 5.44. The summed E-state index contributed by atoms with van der Waals surface area (Å²) in [6.45, 7) is 1.07. The molecule has 0 atom stereocenters. The van der Waals surface area contributed by atoms with Crippen molar-refractivity contribution >= 4 is 45.8 Å². The van der Waals surface area contributed by atoms with Crippen LogP contribution in [0.15, 0.2) is 71.2 Å². The number of nitrogens with one attached hydrogen (secondary N) is 1. The lowest BCUT2D eigenvalue weighted by Crippen LogP contribution is -2.24. The molecule has 0 radical (unpaired) electrons. The Balaban J connectivity index is 1.40. The van der Waals surface area contributed by atoms with Gasteiger partial charge in [0.25, 0.3) is 0 Å². The van der Waals surface area contributed by atoms with Gasteiger partial charge in [0.15, 0.2) is 5.16 Å². The Labute approximate surface area is 185 Å². The molecule has 0 spiro atoms. The number of thiophene rings is 1. The highest BCUT2D eigenvalue weighted by Crippen LogP contribution is 2.26. The minimum atomic E-state index is -0.259. The summed E-state index contributed by atoms with van der Waals surface area (Å²) in [5.41, 5.74) is 2.93. The van der Waals surface area contributed by atoms with Crippen LogP contribution in [0.4, 0.5) is 4.39 Å². The number of nitrogens with zero attached hydrogens (tertiary/aromatic N) is 4. The van der Waals surface area contributed by atoms with Gasteiger partial charge in [-0.3, -0.25) is 9.20 Å². The Bertz CT molecular complexity index is 1340. The Morgan fingerprint density at radius 2 is 1.84 bits per heavy atom. The topological polar surface area (TPSA) is 64.2 Å². The maximum absolute atomic E-state index is 13.3. The van der Waals surface area contributed by atoms with Gasteiger partial charge in [-0.05, 0) is 41.3 Å². The standard InChI is InChI=1S/C22H18FN5OS2/c23-16-9-7-15(8-10-16)13-27-18-5-1-2-6-19(18)28-21(27)25-26-22(28)31-14-20(29)24-12-17-4-3-11-30-17/h1-11H,12-14H2,(H,24,29). The van der Waals surface area contributed by atoms with Crippen molar-refractivity contribution in [2.75, 3.05) is 5.75 Å². The molecule has 9 heteroatoms. The van der Waals surface area contributed by atoms with E-state index in [1.165, 1.54) is 23.9 Å².